The first-order valence-corrected chi connectivity index (χ1v) is 4.91. The Morgan fingerprint density at radius 2 is 2.21 bits per heavy atom. The van der Waals surface area contributed by atoms with Gasteiger partial charge >= 0.3 is 5.97 Å². The van der Waals surface area contributed by atoms with Crippen molar-refractivity contribution >= 4 is 5.97 Å². The van der Waals surface area contributed by atoms with Crippen molar-refractivity contribution in [1.29, 1.82) is 0 Å². The molecule has 0 spiro atoms. The lowest BCUT2D eigenvalue weighted by atomic mass is 10.00. The highest BCUT2D eigenvalue weighted by molar-refractivity contribution is 5.75. The maximum Gasteiger partial charge on any atom is 0.322 e. The zero-order valence-corrected chi connectivity index (χ0v) is 9.37. The fourth-order valence-electron chi connectivity index (χ4n) is 1.89. The summed E-state index contributed by atoms with van der Waals surface area (Å²) < 4.78 is 10.1. The number of rotatable bonds is 2. The molecule has 0 radical (unpaired) electrons. The summed E-state index contributed by atoms with van der Waals surface area (Å²) in [4.78, 5) is 13.5. The van der Waals surface area contributed by atoms with Crippen molar-refractivity contribution in [3.63, 3.8) is 0 Å². The number of ether oxygens (including phenoxy) is 2. The minimum absolute atomic E-state index is 0.0914. The van der Waals surface area contributed by atoms with Gasteiger partial charge in [-0.1, -0.05) is 0 Å². The highest BCUT2D eigenvalue weighted by atomic mass is 16.5. The van der Waals surface area contributed by atoms with Crippen molar-refractivity contribution < 1.29 is 14.3 Å². The zero-order valence-electron chi connectivity index (χ0n) is 9.37. The molecule has 4 nitrogen and oxygen atoms in total. The van der Waals surface area contributed by atoms with E-state index in [1.807, 2.05) is 6.92 Å². The Hall–Kier alpha value is -0.610. The third-order valence-corrected chi connectivity index (χ3v) is 2.72. The predicted molar refractivity (Wildman–Crippen MR) is 53.1 cm³/mol. The van der Waals surface area contributed by atoms with Gasteiger partial charge < -0.3 is 9.47 Å². The van der Waals surface area contributed by atoms with Crippen molar-refractivity contribution in [2.75, 3.05) is 26.9 Å². The fourth-order valence-corrected chi connectivity index (χ4v) is 1.89. The van der Waals surface area contributed by atoms with Crippen molar-refractivity contribution in [3.05, 3.63) is 0 Å². The molecule has 0 N–H and O–H groups in total. The quantitative estimate of drug-likeness (QED) is 0.615. The summed E-state index contributed by atoms with van der Waals surface area (Å²) in [5, 5.41) is 0. The largest absolute Gasteiger partial charge is 0.468 e. The van der Waals surface area contributed by atoms with Gasteiger partial charge in [0.05, 0.1) is 20.3 Å². The van der Waals surface area contributed by atoms with Gasteiger partial charge in [-0.05, 0) is 20.8 Å². The molecule has 1 rings (SSSR count). The highest BCUT2D eigenvalue weighted by Crippen LogP contribution is 2.21. The molecule has 1 unspecified atom stereocenters. The maximum absolute atomic E-state index is 11.4. The van der Waals surface area contributed by atoms with Gasteiger partial charge in [0.2, 0.25) is 0 Å². The van der Waals surface area contributed by atoms with E-state index in [0.29, 0.717) is 13.2 Å². The van der Waals surface area contributed by atoms with E-state index in [9.17, 15) is 4.79 Å². The summed E-state index contributed by atoms with van der Waals surface area (Å²) >= 11 is 0. The number of nitrogens with zero attached hydrogens (tertiary/aromatic N) is 1. The average molecular weight is 201 g/mol. The molecule has 1 aliphatic heterocycles. The Bertz CT molecular complexity index is 215. The second-order valence-electron chi connectivity index (χ2n) is 4.26. The third kappa shape index (κ3) is 2.25. The summed E-state index contributed by atoms with van der Waals surface area (Å²) in [6.45, 7) is 8.15. The molecular formula is C10H19NO3. The van der Waals surface area contributed by atoms with Crippen molar-refractivity contribution in [2.24, 2.45) is 0 Å². The summed E-state index contributed by atoms with van der Waals surface area (Å²) in [5.74, 6) is -0.181. The van der Waals surface area contributed by atoms with Crippen LogP contribution < -0.4 is 0 Å². The Balaban J connectivity index is 2.69. The van der Waals surface area contributed by atoms with Crippen molar-refractivity contribution in [3.8, 4) is 0 Å². The monoisotopic (exact) mass is 201 g/mol. The van der Waals surface area contributed by atoms with Crippen molar-refractivity contribution in [1.82, 2.24) is 4.90 Å². The first kappa shape index (κ1) is 11.5. The standard InChI is InChI=1S/C10H19NO3/c1-8(9(12)13-4)11-5-6-14-7-10(11,2)3/h8H,5-7H2,1-4H3. The SMILES string of the molecule is COC(=O)C(C)N1CCOCC1(C)C. The van der Waals surface area contributed by atoms with Gasteiger partial charge in [0.15, 0.2) is 0 Å². The molecular weight excluding hydrogens is 182 g/mol. The number of morpholine rings is 1. The third-order valence-electron chi connectivity index (χ3n) is 2.72. The van der Waals surface area contributed by atoms with Crippen molar-refractivity contribution in [2.45, 2.75) is 32.4 Å². The number of carbonyl (C=O) groups excluding carboxylic acids is 1. The van der Waals surface area contributed by atoms with Crippen LogP contribution in [-0.4, -0.2) is 49.3 Å². The molecule has 0 amide bonds. The zero-order chi connectivity index (χ0) is 10.8. The molecule has 1 aliphatic rings. The van der Waals surface area contributed by atoms with Crippen LogP contribution in [0.2, 0.25) is 0 Å². The summed E-state index contributed by atoms with van der Waals surface area (Å²) in [6.07, 6.45) is 0. The molecule has 0 aromatic heterocycles. The van der Waals surface area contributed by atoms with E-state index in [1.165, 1.54) is 7.11 Å². The van der Waals surface area contributed by atoms with Gasteiger partial charge in [-0.15, -0.1) is 0 Å². The van der Waals surface area contributed by atoms with E-state index < -0.39 is 0 Å². The van der Waals surface area contributed by atoms with Gasteiger partial charge in [0.25, 0.3) is 0 Å². The Morgan fingerprint density at radius 3 is 2.71 bits per heavy atom. The fraction of sp³-hybridized carbons (Fsp3) is 0.900. The predicted octanol–water partition coefficient (Wildman–Crippen LogP) is 0.659. The minimum Gasteiger partial charge on any atom is -0.468 e. The first-order valence-electron chi connectivity index (χ1n) is 4.91. The molecule has 1 fully saturated rings. The van der Waals surface area contributed by atoms with E-state index in [-0.39, 0.29) is 17.6 Å². The van der Waals surface area contributed by atoms with Crippen LogP contribution in [-0.2, 0) is 14.3 Å². The van der Waals surface area contributed by atoms with Crippen LogP contribution in [0.25, 0.3) is 0 Å². The smallest absolute Gasteiger partial charge is 0.322 e. The molecule has 0 bridgehead atoms. The first-order chi connectivity index (χ1) is 6.49. The van der Waals surface area contributed by atoms with Gasteiger partial charge in [0, 0.05) is 12.1 Å². The van der Waals surface area contributed by atoms with Crippen LogP contribution in [0.15, 0.2) is 0 Å². The van der Waals surface area contributed by atoms with Gasteiger partial charge in [-0.25, -0.2) is 0 Å². The Labute approximate surface area is 85.2 Å². The van der Waals surface area contributed by atoms with Crippen LogP contribution >= 0.6 is 0 Å². The topological polar surface area (TPSA) is 38.8 Å². The molecule has 0 aliphatic carbocycles. The number of esters is 1. The highest BCUT2D eigenvalue weighted by Gasteiger charge is 2.36. The summed E-state index contributed by atoms with van der Waals surface area (Å²) in [5.41, 5.74) is -0.0914. The van der Waals surface area contributed by atoms with Crippen LogP contribution in [0.3, 0.4) is 0 Å². The van der Waals surface area contributed by atoms with Crippen LogP contribution in [0.1, 0.15) is 20.8 Å². The van der Waals surface area contributed by atoms with Gasteiger partial charge in [-0.3, -0.25) is 9.69 Å². The molecule has 1 heterocycles. The Morgan fingerprint density at radius 1 is 1.57 bits per heavy atom. The molecule has 0 aromatic rings. The lowest BCUT2D eigenvalue weighted by Crippen LogP contribution is -2.58. The molecule has 1 atom stereocenters. The molecule has 82 valence electrons. The average Bonchev–Trinajstić information content (AvgIpc) is 2.15. The lowest BCUT2D eigenvalue weighted by molar-refractivity contribution is -0.153. The van der Waals surface area contributed by atoms with E-state index in [4.69, 9.17) is 9.47 Å². The van der Waals surface area contributed by atoms with Crippen LogP contribution in [0.5, 0.6) is 0 Å². The maximum atomic E-state index is 11.4. The van der Waals surface area contributed by atoms with Gasteiger partial charge in [-0.2, -0.15) is 0 Å². The second kappa shape index (κ2) is 4.28. The van der Waals surface area contributed by atoms with E-state index >= 15 is 0 Å². The van der Waals surface area contributed by atoms with E-state index in [1.54, 1.807) is 0 Å². The van der Waals surface area contributed by atoms with Crippen LogP contribution in [0.4, 0.5) is 0 Å². The molecule has 14 heavy (non-hydrogen) atoms. The number of carbonyl (C=O) groups is 1. The number of hydrogen-bond acceptors (Lipinski definition) is 4. The number of hydrogen-bond donors (Lipinski definition) is 0. The normalized spacial score (nSPS) is 24.3. The molecule has 1 saturated heterocycles. The summed E-state index contributed by atoms with van der Waals surface area (Å²) in [6, 6.07) is -0.195. The van der Waals surface area contributed by atoms with E-state index in [2.05, 4.69) is 18.7 Å². The molecule has 4 heteroatoms. The minimum atomic E-state index is -0.195. The molecule has 0 saturated carbocycles. The second-order valence-corrected chi connectivity index (χ2v) is 4.26. The van der Waals surface area contributed by atoms with Gasteiger partial charge in [0.1, 0.15) is 6.04 Å². The van der Waals surface area contributed by atoms with Crippen LogP contribution in [0, 0.1) is 0 Å². The van der Waals surface area contributed by atoms with E-state index in [0.717, 1.165) is 6.54 Å². The Kier molecular flexibility index (Phi) is 3.50. The molecule has 0 aromatic carbocycles. The lowest BCUT2D eigenvalue weighted by Gasteiger charge is -2.44. The number of methoxy groups -OCH3 is 1. The summed E-state index contributed by atoms with van der Waals surface area (Å²) in [7, 11) is 1.42.